The van der Waals surface area contributed by atoms with Gasteiger partial charge in [0.25, 0.3) is 0 Å². The zero-order valence-corrected chi connectivity index (χ0v) is 13.8. The van der Waals surface area contributed by atoms with Crippen molar-refractivity contribution >= 4 is 40.1 Å². The fourth-order valence-corrected chi connectivity index (χ4v) is 2.49. The molecule has 0 fully saturated rings. The van der Waals surface area contributed by atoms with Gasteiger partial charge in [0.2, 0.25) is 0 Å². The van der Waals surface area contributed by atoms with E-state index in [4.69, 9.17) is 32.8 Å². The summed E-state index contributed by atoms with van der Waals surface area (Å²) in [6.45, 7) is 2.03. The minimum atomic E-state index is -0.464. The smallest absolute Gasteiger partial charge is 0.358 e. The van der Waals surface area contributed by atoms with Gasteiger partial charge in [-0.2, -0.15) is 4.73 Å². The van der Waals surface area contributed by atoms with E-state index in [9.17, 15) is 4.79 Å². The predicted molar refractivity (Wildman–Crippen MR) is 90.4 cm³/mol. The quantitative estimate of drug-likeness (QED) is 0.624. The summed E-state index contributed by atoms with van der Waals surface area (Å²) in [7, 11) is 0. The Hall–Kier alpha value is -2.17. The van der Waals surface area contributed by atoms with Gasteiger partial charge in [-0.3, -0.25) is 0 Å². The maximum absolute atomic E-state index is 12.2. The van der Waals surface area contributed by atoms with Gasteiger partial charge in [-0.15, -0.1) is 0 Å². The van der Waals surface area contributed by atoms with Gasteiger partial charge in [-0.25, -0.2) is 4.79 Å². The number of aromatic nitrogens is 1. The number of ether oxygens (including phenoxy) is 1. The van der Waals surface area contributed by atoms with Gasteiger partial charge >= 0.3 is 5.97 Å². The summed E-state index contributed by atoms with van der Waals surface area (Å²) < 4.78 is 6.51. The molecular formula is C17H13Cl2NO3. The van der Waals surface area contributed by atoms with Crippen molar-refractivity contribution in [3.8, 4) is 5.75 Å². The van der Waals surface area contributed by atoms with Gasteiger partial charge < -0.3 is 9.57 Å². The molecule has 0 amide bonds. The molecule has 0 saturated carbocycles. The highest BCUT2D eigenvalue weighted by molar-refractivity contribution is 6.31. The van der Waals surface area contributed by atoms with Crippen molar-refractivity contribution in [1.82, 2.24) is 4.73 Å². The Morgan fingerprint density at radius 3 is 2.43 bits per heavy atom. The zero-order valence-electron chi connectivity index (χ0n) is 12.3. The van der Waals surface area contributed by atoms with Crippen molar-refractivity contribution in [2.75, 3.05) is 6.61 Å². The third-order valence-electron chi connectivity index (χ3n) is 3.22. The lowest BCUT2D eigenvalue weighted by Crippen LogP contribution is -2.15. The number of hydrogen-bond donors (Lipinski definition) is 0. The third kappa shape index (κ3) is 3.28. The van der Waals surface area contributed by atoms with Gasteiger partial charge in [0.05, 0.1) is 12.1 Å². The van der Waals surface area contributed by atoms with Gasteiger partial charge in [-0.05, 0) is 49.4 Å². The van der Waals surface area contributed by atoms with Crippen LogP contribution in [0.1, 0.15) is 17.4 Å². The number of hydrogen-bond acceptors (Lipinski definition) is 3. The van der Waals surface area contributed by atoms with Crippen LogP contribution in [0.2, 0.25) is 10.0 Å². The lowest BCUT2D eigenvalue weighted by Gasteiger charge is -2.11. The molecule has 0 N–H and O–H groups in total. The van der Waals surface area contributed by atoms with E-state index in [0.29, 0.717) is 27.0 Å². The first-order valence-corrected chi connectivity index (χ1v) is 7.76. The Morgan fingerprint density at radius 1 is 1.04 bits per heavy atom. The highest BCUT2D eigenvalue weighted by Gasteiger charge is 2.18. The average Bonchev–Trinajstić information content (AvgIpc) is 2.88. The zero-order chi connectivity index (χ0) is 16.4. The summed E-state index contributed by atoms with van der Waals surface area (Å²) in [4.78, 5) is 18.0. The fraction of sp³-hybridized carbons (Fsp3) is 0.118. The van der Waals surface area contributed by atoms with Crippen molar-refractivity contribution in [3.05, 3.63) is 64.3 Å². The van der Waals surface area contributed by atoms with Gasteiger partial charge in [-0.1, -0.05) is 29.3 Å². The largest absolute Gasteiger partial charge is 0.461 e. The van der Waals surface area contributed by atoms with Crippen LogP contribution in [0.25, 0.3) is 10.9 Å². The summed E-state index contributed by atoms with van der Waals surface area (Å²) in [5.41, 5.74) is 0.967. The van der Waals surface area contributed by atoms with Crippen molar-refractivity contribution in [2.45, 2.75) is 6.92 Å². The van der Waals surface area contributed by atoms with Crippen molar-refractivity contribution < 1.29 is 14.4 Å². The lowest BCUT2D eigenvalue weighted by molar-refractivity contribution is 0.0489. The minimum absolute atomic E-state index is 0.280. The molecule has 0 spiro atoms. The summed E-state index contributed by atoms with van der Waals surface area (Å²) in [6.07, 6.45) is 0. The number of nitrogens with zero attached hydrogens (tertiary/aromatic N) is 1. The predicted octanol–water partition coefficient (Wildman–Crippen LogP) is 4.97. The van der Waals surface area contributed by atoms with Crippen LogP contribution in [0, 0.1) is 0 Å². The molecule has 118 valence electrons. The molecule has 0 aliphatic rings. The second-order valence-corrected chi connectivity index (χ2v) is 5.67. The topological polar surface area (TPSA) is 40.5 Å². The standard InChI is InChI=1S/C17H13Cl2NO3/c1-2-22-17(21)16-9-11-3-4-13(19)10-15(11)20(16)23-14-7-5-12(18)6-8-14/h3-10H,2H2,1H3. The molecule has 6 heteroatoms. The average molecular weight is 350 g/mol. The number of rotatable bonds is 4. The minimum Gasteiger partial charge on any atom is -0.461 e. The molecule has 0 bridgehead atoms. The van der Waals surface area contributed by atoms with E-state index in [2.05, 4.69) is 0 Å². The van der Waals surface area contributed by atoms with E-state index in [0.717, 1.165) is 5.39 Å². The highest BCUT2D eigenvalue weighted by atomic mass is 35.5. The van der Waals surface area contributed by atoms with Crippen LogP contribution in [-0.4, -0.2) is 17.3 Å². The van der Waals surface area contributed by atoms with E-state index >= 15 is 0 Å². The van der Waals surface area contributed by atoms with Crippen LogP contribution in [-0.2, 0) is 4.74 Å². The van der Waals surface area contributed by atoms with E-state index in [1.807, 2.05) is 6.07 Å². The monoisotopic (exact) mass is 349 g/mol. The van der Waals surface area contributed by atoms with Crippen LogP contribution in [0.4, 0.5) is 0 Å². The normalized spacial score (nSPS) is 10.7. The molecule has 0 atom stereocenters. The molecule has 2 aromatic carbocycles. The van der Waals surface area contributed by atoms with E-state index in [1.165, 1.54) is 4.73 Å². The Labute approximate surface area is 143 Å². The number of fused-ring (bicyclic) bond motifs is 1. The second-order valence-electron chi connectivity index (χ2n) is 4.79. The van der Waals surface area contributed by atoms with Gasteiger partial charge in [0.1, 0.15) is 0 Å². The molecule has 3 rings (SSSR count). The molecular weight excluding hydrogens is 337 g/mol. The number of carbonyl (C=O) groups excluding carboxylic acids is 1. The number of esters is 1. The second kappa shape index (κ2) is 6.52. The third-order valence-corrected chi connectivity index (χ3v) is 3.70. The number of carbonyl (C=O) groups is 1. The Balaban J connectivity index is 2.10. The van der Waals surface area contributed by atoms with Crippen LogP contribution in [0.3, 0.4) is 0 Å². The van der Waals surface area contributed by atoms with E-state index in [1.54, 1.807) is 49.4 Å². The maximum Gasteiger partial charge on any atom is 0.358 e. The fourth-order valence-electron chi connectivity index (χ4n) is 2.20. The highest BCUT2D eigenvalue weighted by Crippen LogP contribution is 2.26. The van der Waals surface area contributed by atoms with Crippen molar-refractivity contribution in [2.24, 2.45) is 0 Å². The summed E-state index contributed by atoms with van der Waals surface area (Å²) >= 11 is 11.9. The van der Waals surface area contributed by atoms with E-state index < -0.39 is 5.97 Å². The molecule has 23 heavy (non-hydrogen) atoms. The molecule has 0 aliphatic carbocycles. The summed E-state index contributed by atoms with van der Waals surface area (Å²) in [5, 5.41) is 1.97. The first-order chi connectivity index (χ1) is 11.1. The first-order valence-electron chi connectivity index (χ1n) is 7.00. The molecule has 1 heterocycles. The molecule has 0 aliphatic heterocycles. The summed E-state index contributed by atoms with van der Waals surface area (Å²) in [5.74, 6) is 0.0752. The lowest BCUT2D eigenvalue weighted by atomic mass is 10.2. The molecule has 0 saturated heterocycles. The van der Waals surface area contributed by atoms with Crippen LogP contribution >= 0.6 is 23.2 Å². The van der Waals surface area contributed by atoms with Gasteiger partial charge in [0.15, 0.2) is 11.4 Å². The first kappa shape index (κ1) is 15.7. The maximum atomic E-state index is 12.2. The van der Waals surface area contributed by atoms with Crippen molar-refractivity contribution in [1.29, 1.82) is 0 Å². The molecule has 4 nitrogen and oxygen atoms in total. The summed E-state index contributed by atoms with van der Waals surface area (Å²) in [6, 6.07) is 13.9. The van der Waals surface area contributed by atoms with E-state index in [-0.39, 0.29) is 6.61 Å². The van der Waals surface area contributed by atoms with Crippen molar-refractivity contribution in [3.63, 3.8) is 0 Å². The Kier molecular flexibility index (Phi) is 4.46. The molecule has 1 aromatic heterocycles. The number of benzene rings is 2. The molecule has 0 radical (unpaired) electrons. The Morgan fingerprint density at radius 2 is 1.74 bits per heavy atom. The van der Waals surface area contributed by atoms with Gasteiger partial charge in [0, 0.05) is 15.4 Å². The van der Waals surface area contributed by atoms with Crippen LogP contribution < -0.4 is 4.84 Å². The Bertz CT molecular complexity index is 856. The molecule has 0 unspecified atom stereocenters. The van der Waals surface area contributed by atoms with Crippen LogP contribution in [0.5, 0.6) is 5.75 Å². The van der Waals surface area contributed by atoms with Crippen LogP contribution in [0.15, 0.2) is 48.5 Å². The number of halogens is 2. The molecule has 3 aromatic rings. The SMILES string of the molecule is CCOC(=O)c1cc2ccc(Cl)cc2n1Oc1ccc(Cl)cc1.